The van der Waals surface area contributed by atoms with E-state index in [-0.39, 0.29) is 27.8 Å². The molecule has 0 saturated carbocycles. The smallest absolute Gasteiger partial charge is 0.210 e. The second kappa shape index (κ2) is 10.1. The van der Waals surface area contributed by atoms with Gasteiger partial charge in [0.1, 0.15) is 23.1 Å². The van der Waals surface area contributed by atoms with Crippen LogP contribution in [0.15, 0.2) is 76.5 Å². The first-order chi connectivity index (χ1) is 17.1. The Morgan fingerprint density at radius 1 is 0.889 bits per heavy atom. The summed E-state index contributed by atoms with van der Waals surface area (Å²) in [5, 5.41) is 3.23. The van der Waals surface area contributed by atoms with Gasteiger partial charge in [0, 0.05) is 16.9 Å². The highest BCUT2D eigenvalue weighted by molar-refractivity contribution is 7.91. The van der Waals surface area contributed by atoms with Gasteiger partial charge in [-0.15, -0.1) is 0 Å². The van der Waals surface area contributed by atoms with Gasteiger partial charge in [0.15, 0.2) is 11.6 Å². The van der Waals surface area contributed by atoms with Crippen LogP contribution in [0.4, 0.5) is 20.3 Å². The molecule has 1 aromatic heterocycles. The SMILES string of the molecule is Cc1cc(C)c(Nc2nc(C)ccc2S(=O)(=O)c2ccc(OCc3cccc(F)c3F)cc2)c(C)c1. The zero-order valence-corrected chi connectivity index (χ0v) is 21.2. The molecule has 0 fully saturated rings. The summed E-state index contributed by atoms with van der Waals surface area (Å²) in [5.41, 5.74) is 4.62. The van der Waals surface area contributed by atoms with Crippen LogP contribution in [0.1, 0.15) is 27.9 Å². The van der Waals surface area contributed by atoms with E-state index in [9.17, 15) is 17.2 Å². The predicted molar refractivity (Wildman–Crippen MR) is 135 cm³/mol. The van der Waals surface area contributed by atoms with Crippen molar-refractivity contribution < 1.29 is 21.9 Å². The molecule has 1 heterocycles. The maximum absolute atomic E-state index is 13.9. The third kappa shape index (κ3) is 5.23. The van der Waals surface area contributed by atoms with Crippen molar-refractivity contribution in [2.45, 2.75) is 44.1 Å². The summed E-state index contributed by atoms with van der Waals surface area (Å²) in [6, 6.07) is 16.9. The number of nitrogens with one attached hydrogen (secondary N) is 1. The fraction of sp³-hybridized carbons (Fsp3) is 0.179. The number of pyridine rings is 1. The van der Waals surface area contributed by atoms with Crippen LogP contribution in [-0.2, 0) is 16.4 Å². The normalized spacial score (nSPS) is 11.4. The van der Waals surface area contributed by atoms with Gasteiger partial charge in [-0.3, -0.25) is 0 Å². The minimum Gasteiger partial charge on any atom is -0.489 e. The van der Waals surface area contributed by atoms with Crippen LogP contribution in [0, 0.1) is 39.3 Å². The highest BCUT2D eigenvalue weighted by Crippen LogP contribution is 2.32. The molecule has 3 aromatic carbocycles. The molecule has 5 nitrogen and oxygen atoms in total. The van der Waals surface area contributed by atoms with Crippen molar-refractivity contribution in [3.05, 3.63) is 106 Å². The molecule has 0 aliphatic carbocycles. The molecule has 0 bridgehead atoms. The van der Waals surface area contributed by atoms with E-state index in [1.807, 2.05) is 32.9 Å². The topological polar surface area (TPSA) is 68.3 Å². The number of rotatable bonds is 7. The lowest BCUT2D eigenvalue weighted by atomic mass is 10.1. The van der Waals surface area contributed by atoms with Crippen molar-refractivity contribution in [2.24, 2.45) is 0 Å². The molecule has 0 unspecified atom stereocenters. The Labute approximate surface area is 209 Å². The van der Waals surface area contributed by atoms with Gasteiger partial charge in [-0.05, 0) is 81.3 Å². The number of benzene rings is 3. The lowest BCUT2D eigenvalue weighted by Gasteiger charge is -2.17. The van der Waals surface area contributed by atoms with Gasteiger partial charge in [0.2, 0.25) is 9.84 Å². The summed E-state index contributed by atoms with van der Waals surface area (Å²) in [5.74, 6) is -1.36. The van der Waals surface area contributed by atoms with Crippen LogP contribution in [0.25, 0.3) is 0 Å². The average molecular weight is 509 g/mol. The van der Waals surface area contributed by atoms with E-state index >= 15 is 0 Å². The number of hydrogen-bond acceptors (Lipinski definition) is 5. The summed E-state index contributed by atoms with van der Waals surface area (Å²) in [7, 11) is -3.93. The van der Waals surface area contributed by atoms with E-state index in [4.69, 9.17) is 4.74 Å². The first-order valence-electron chi connectivity index (χ1n) is 11.3. The molecule has 0 saturated heterocycles. The number of halogens is 2. The average Bonchev–Trinajstić information content (AvgIpc) is 2.82. The molecular weight excluding hydrogens is 482 g/mol. The molecule has 0 atom stereocenters. The largest absolute Gasteiger partial charge is 0.489 e. The van der Waals surface area contributed by atoms with Gasteiger partial charge >= 0.3 is 0 Å². The number of sulfone groups is 1. The molecule has 8 heteroatoms. The van der Waals surface area contributed by atoms with E-state index in [1.165, 1.54) is 42.5 Å². The molecule has 0 aliphatic rings. The maximum Gasteiger partial charge on any atom is 0.210 e. The van der Waals surface area contributed by atoms with Crippen LogP contribution < -0.4 is 10.1 Å². The Bertz CT molecular complexity index is 1510. The fourth-order valence-corrected chi connectivity index (χ4v) is 5.36. The van der Waals surface area contributed by atoms with Crippen molar-refractivity contribution in [3.63, 3.8) is 0 Å². The Hall–Kier alpha value is -3.78. The van der Waals surface area contributed by atoms with Gasteiger partial charge in [-0.2, -0.15) is 0 Å². The summed E-state index contributed by atoms with van der Waals surface area (Å²) >= 11 is 0. The molecule has 0 radical (unpaired) electrons. The number of hydrogen-bond donors (Lipinski definition) is 1. The predicted octanol–water partition coefficient (Wildman–Crippen LogP) is 6.75. The number of ether oxygens (including phenoxy) is 1. The highest BCUT2D eigenvalue weighted by atomic mass is 32.2. The summed E-state index contributed by atoms with van der Waals surface area (Å²) < 4.78 is 59.9. The van der Waals surface area contributed by atoms with Gasteiger partial charge < -0.3 is 10.1 Å². The molecule has 186 valence electrons. The van der Waals surface area contributed by atoms with Crippen LogP contribution in [0.3, 0.4) is 0 Å². The zero-order valence-electron chi connectivity index (χ0n) is 20.4. The quantitative estimate of drug-likeness (QED) is 0.299. The molecule has 4 aromatic rings. The van der Waals surface area contributed by atoms with Gasteiger partial charge in [0.25, 0.3) is 0 Å². The zero-order chi connectivity index (χ0) is 26.0. The molecule has 36 heavy (non-hydrogen) atoms. The number of anilines is 2. The number of aromatic nitrogens is 1. The Morgan fingerprint density at radius 3 is 2.22 bits per heavy atom. The fourth-order valence-electron chi connectivity index (χ4n) is 4.01. The molecule has 1 N–H and O–H groups in total. The second-order valence-corrected chi connectivity index (χ2v) is 10.6. The second-order valence-electron chi connectivity index (χ2n) is 8.67. The summed E-state index contributed by atoms with van der Waals surface area (Å²) in [6.07, 6.45) is 0. The number of nitrogens with zero attached hydrogens (tertiary/aromatic N) is 1. The first-order valence-corrected chi connectivity index (χ1v) is 12.8. The van der Waals surface area contributed by atoms with E-state index in [0.29, 0.717) is 11.4 Å². The minimum atomic E-state index is -3.93. The summed E-state index contributed by atoms with van der Waals surface area (Å²) in [4.78, 5) is 4.58. The number of aryl methyl sites for hydroxylation is 4. The van der Waals surface area contributed by atoms with E-state index in [0.717, 1.165) is 28.4 Å². The minimum absolute atomic E-state index is 0.0444. The van der Waals surface area contributed by atoms with Crippen molar-refractivity contribution in [1.29, 1.82) is 0 Å². The lowest BCUT2D eigenvalue weighted by molar-refractivity contribution is 0.297. The van der Waals surface area contributed by atoms with Gasteiger partial charge in [-0.25, -0.2) is 22.2 Å². The Kier molecular flexibility index (Phi) is 7.08. The van der Waals surface area contributed by atoms with Crippen LogP contribution >= 0.6 is 0 Å². The van der Waals surface area contributed by atoms with Crippen LogP contribution in [0.5, 0.6) is 5.75 Å². The van der Waals surface area contributed by atoms with Gasteiger partial charge in [-0.1, -0.05) is 29.8 Å². The van der Waals surface area contributed by atoms with E-state index in [1.54, 1.807) is 13.0 Å². The van der Waals surface area contributed by atoms with Crippen LogP contribution in [0.2, 0.25) is 0 Å². The van der Waals surface area contributed by atoms with E-state index in [2.05, 4.69) is 10.3 Å². The van der Waals surface area contributed by atoms with Crippen LogP contribution in [-0.4, -0.2) is 13.4 Å². The van der Waals surface area contributed by atoms with E-state index < -0.39 is 21.5 Å². The Morgan fingerprint density at radius 2 is 1.56 bits per heavy atom. The highest BCUT2D eigenvalue weighted by Gasteiger charge is 2.23. The first kappa shape index (κ1) is 25.3. The Balaban J connectivity index is 1.61. The standard InChI is InChI=1S/C28H26F2N2O3S/c1-17-14-18(2)27(19(3)15-17)32-28-25(13-8-20(4)31-28)36(33,34)23-11-9-22(10-12-23)35-16-21-6-5-7-24(29)26(21)30/h5-15H,16H2,1-4H3,(H,31,32). The monoisotopic (exact) mass is 508 g/mol. The van der Waals surface area contributed by atoms with Crippen molar-refractivity contribution >= 4 is 21.3 Å². The maximum atomic E-state index is 13.9. The third-order valence-electron chi connectivity index (χ3n) is 5.77. The molecule has 0 amide bonds. The lowest BCUT2D eigenvalue weighted by Crippen LogP contribution is -2.09. The van der Waals surface area contributed by atoms with Crippen molar-refractivity contribution in [1.82, 2.24) is 4.98 Å². The third-order valence-corrected chi connectivity index (χ3v) is 7.57. The summed E-state index contributed by atoms with van der Waals surface area (Å²) in [6.45, 7) is 7.53. The van der Waals surface area contributed by atoms with Crippen molar-refractivity contribution in [2.75, 3.05) is 5.32 Å². The van der Waals surface area contributed by atoms with Crippen molar-refractivity contribution in [3.8, 4) is 5.75 Å². The molecule has 4 rings (SSSR count). The molecular formula is C28H26F2N2O3S. The van der Waals surface area contributed by atoms with Gasteiger partial charge in [0.05, 0.1) is 4.90 Å². The molecule has 0 spiro atoms. The molecule has 0 aliphatic heterocycles.